The average Bonchev–Trinajstić information content (AvgIpc) is 3.05. The number of aromatic nitrogens is 4. The number of hydrogen-bond acceptors (Lipinski definition) is 9. The molecule has 3 saturated heterocycles. The second-order valence-corrected chi connectivity index (χ2v) is 7.71. The van der Waals surface area contributed by atoms with E-state index in [0.29, 0.717) is 17.0 Å². The normalized spacial score (nSPS) is 35.5. The van der Waals surface area contributed by atoms with Crippen LogP contribution in [0, 0.1) is 0 Å². The van der Waals surface area contributed by atoms with Crippen molar-refractivity contribution in [3.05, 3.63) is 6.33 Å². The standard InChI is InChI=1S/C14H17FN6O4P/c1-14(15)9-7(5-23-26(22)25-9)24-12(14)21-6-17-8-10(20-3-2-4-20)18-13(16)19-11(8)21/h6-7,9,12H,2-5H2,1H3,(H2,16,18,19)/q+1/t7-,9-,12-,14-/m1/s1. The Balaban J connectivity index is 1.59. The van der Waals surface area contributed by atoms with E-state index in [0.717, 1.165) is 19.5 Å². The molecule has 0 aromatic carbocycles. The predicted molar refractivity (Wildman–Crippen MR) is 88.4 cm³/mol. The third-order valence-electron chi connectivity index (χ3n) is 5.05. The summed E-state index contributed by atoms with van der Waals surface area (Å²) in [6.07, 6.45) is -0.209. The Kier molecular flexibility index (Phi) is 3.45. The minimum absolute atomic E-state index is 0.00133. The summed E-state index contributed by atoms with van der Waals surface area (Å²) in [6, 6.07) is 0. The summed E-state index contributed by atoms with van der Waals surface area (Å²) >= 11 is 0. The van der Waals surface area contributed by atoms with Gasteiger partial charge in [0.25, 0.3) is 0 Å². The maximum Gasteiger partial charge on any atom is 0.697 e. The highest BCUT2D eigenvalue weighted by atomic mass is 31.1. The molecule has 5 rings (SSSR count). The molecule has 0 amide bonds. The van der Waals surface area contributed by atoms with Crippen LogP contribution in [0.25, 0.3) is 11.2 Å². The lowest BCUT2D eigenvalue weighted by atomic mass is 9.98. The molecule has 3 fully saturated rings. The molecule has 26 heavy (non-hydrogen) atoms. The average molecular weight is 383 g/mol. The maximum absolute atomic E-state index is 15.5. The molecule has 5 heterocycles. The van der Waals surface area contributed by atoms with Gasteiger partial charge in [0.05, 0.1) is 6.33 Å². The number of ether oxygens (including phenoxy) is 1. The molecule has 3 aliphatic heterocycles. The van der Waals surface area contributed by atoms with Crippen LogP contribution in [-0.2, 0) is 18.3 Å². The van der Waals surface area contributed by atoms with E-state index in [1.807, 2.05) is 4.90 Å². The van der Waals surface area contributed by atoms with Crippen LogP contribution in [0.1, 0.15) is 19.6 Å². The maximum atomic E-state index is 15.5. The number of nitrogen functional groups attached to an aromatic ring is 1. The van der Waals surface area contributed by atoms with E-state index in [-0.39, 0.29) is 12.6 Å². The number of rotatable bonds is 2. The lowest BCUT2D eigenvalue weighted by Crippen LogP contribution is -2.43. The first-order chi connectivity index (χ1) is 12.4. The highest BCUT2D eigenvalue weighted by molar-refractivity contribution is 7.33. The molecule has 138 valence electrons. The van der Waals surface area contributed by atoms with Gasteiger partial charge < -0.3 is 15.4 Å². The summed E-state index contributed by atoms with van der Waals surface area (Å²) in [5, 5.41) is 0. The molecular weight excluding hydrogens is 366 g/mol. The predicted octanol–water partition coefficient (Wildman–Crippen LogP) is 1.32. The molecule has 2 aromatic rings. The van der Waals surface area contributed by atoms with Crippen LogP contribution in [0.15, 0.2) is 6.33 Å². The Hall–Kier alpha value is -1.94. The molecule has 0 spiro atoms. The zero-order valence-electron chi connectivity index (χ0n) is 13.9. The highest BCUT2D eigenvalue weighted by Crippen LogP contribution is 2.50. The van der Waals surface area contributed by atoms with Crippen LogP contribution < -0.4 is 10.6 Å². The molecular formula is C14H17FN6O4P+. The number of anilines is 2. The smallest absolute Gasteiger partial charge is 0.368 e. The van der Waals surface area contributed by atoms with Crippen molar-refractivity contribution in [1.82, 2.24) is 19.5 Å². The number of hydrogen-bond donors (Lipinski definition) is 1. The van der Waals surface area contributed by atoms with Crippen LogP contribution in [0.2, 0.25) is 0 Å². The van der Waals surface area contributed by atoms with E-state index >= 15 is 4.39 Å². The Bertz CT molecular complexity index is 903. The van der Waals surface area contributed by atoms with Gasteiger partial charge in [0, 0.05) is 17.7 Å². The lowest BCUT2D eigenvalue weighted by molar-refractivity contribution is -0.0576. The van der Waals surface area contributed by atoms with Crippen LogP contribution in [0.4, 0.5) is 16.2 Å². The van der Waals surface area contributed by atoms with Crippen molar-refractivity contribution in [2.75, 3.05) is 30.3 Å². The third kappa shape index (κ3) is 2.24. The summed E-state index contributed by atoms with van der Waals surface area (Å²) < 4.78 is 44.5. The summed E-state index contributed by atoms with van der Waals surface area (Å²) in [7, 11) is -2.35. The van der Waals surface area contributed by atoms with E-state index in [1.54, 1.807) is 0 Å². The van der Waals surface area contributed by atoms with Crippen molar-refractivity contribution in [2.45, 2.75) is 37.4 Å². The first-order valence-corrected chi connectivity index (χ1v) is 9.41. The van der Waals surface area contributed by atoms with Gasteiger partial charge in [-0.25, -0.2) is 9.37 Å². The highest BCUT2D eigenvalue weighted by Gasteiger charge is 2.63. The molecule has 3 aliphatic rings. The summed E-state index contributed by atoms with van der Waals surface area (Å²) in [6.45, 7) is 3.07. The van der Waals surface area contributed by atoms with Gasteiger partial charge in [0.2, 0.25) is 5.95 Å². The number of imidazole rings is 1. The van der Waals surface area contributed by atoms with Crippen molar-refractivity contribution in [1.29, 1.82) is 0 Å². The number of alkyl halides is 1. The molecule has 0 saturated carbocycles. The molecule has 0 bridgehead atoms. The second kappa shape index (κ2) is 5.53. The van der Waals surface area contributed by atoms with Gasteiger partial charge in [-0.15, -0.1) is 9.05 Å². The van der Waals surface area contributed by atoms with Crippen LogP contribution in [0.3, 0.4) is 0 Å². The first-order valence-electron chi connectivity index (χ1n) is 8.31. The van der Waals surface area contributed by atoms with E-state index in [2.05, 4.69) is 15.0 Å². The van der Waals surface area contributed by atoms with Crippen molar-refractivity contribution in [3.63, 3.8) is 0 Å². The van der Waals surface area contributed by atoms with Crippen molar-refractivity contribution >= 4 is 31.2 Å². The monoisotopic (exact) mass is 383 g/mol. The summed E-state index contributed by atoms with van der Waals surface area (Å²) in [4.78, 5) is 14.9. The van der Waals surface area contributed by atoms with Gasteiger partial charge in [0.15, 0.2) is 35.0 Å². The fourth-order valence-electron chi connectivity index (χ4n) is 3.60. The Morgan fingerprint density at radius 1 is 1.42 bits per heavy atom. The fourth-order valence-corrected chi connectivity index (χ4v) is 4.46. The van der Waals surface area contributed by atoms with Gasteiger partial charge in [-0.1, -0.05) is 0 Å². The van der Waals surface area contributed by atoms with Crippen LogP contribution in [0.5, 0.6) is 0 Å². The molecule has 12 heteroatoms. The largest absolute Gasteiger partial charge is 0.697 e. The lowest BCUT2D eigenvalue weighted by Gasteiger charge is -2.32. The Labute approximate surface area is 148 Å². The second-order valence-electron chi connectivity index (χ2n) is 6.79. The number of fused-ring (bicyclic) bond motifs is 2. The van der Waals surface area contributed by atoms with Crippen molar-refractivity contribution in [2.24, 2.45) is 0 Å². The van der Waals surface area contributed by atoms with Gasteiger partial charge >= 0.3 is 8.25 Å². The van der Waals surface area contributed by atoms with E-state index in [9.17, 15) is 4.57 Å². The minimum atomic E-state index is -2.35. The SMILES string of the molecule is C[C@@]1(F)[C@@H]2O[P+](=O)OC[C@H]2O[C@H]1n1cnc2c(N3CCC3)nc(N)nc21. The fraction of sp³-hybridized carbons (Fsp3) is 0.643. The van der Waals surface area contributed by atoms with E-state index < -0.39 is 32.4 Å². The zero-order chi connectivity index (χ0) is 18.1. The zero-order valence-corrected chi connectivity index (χ0v) is 14.8. The number of nitrogens with zero attached hydrogens (tertiary/aromatic N) is 5. The van der Waals surface area contributed by atoms with E-state index in [4.69, 9.17) is 19.5 Å². The first kappa shape index (κ1) is 16.2. The van der Waals surface area contributed by atoms with Crippen molar-refractivity contribution in [3.8, 4) is 0 Å². The van der Waals surface area contributed by atoms with Crippen LogP contribution in [-0.4, -0.2) is 57.1 Å². The summed E-state index contributed by atoms with van der Waals surface area (Å²) in [5.74, 6) is 0.718. The molecule has 2 N–H and O–H groups in total. The topological polar surface area (TPSA) is 118 Å². The Morgan fingerprint density at radius 3 is 2.96 bits per heavy atom. The van der Waals surface area contributed by atoms with E-state index in [1.165, 1.54) is 17.8 Å². The molecule has 10 nitrogen and oxygen atoms in total. The van der Waals surface area contributed by atoms with Gasteiger partial charge in [0.1, 0.15) is 12.7 Å². The molecule has 0 aliphatic carbocycles. The van der Waals surface area contributed by atoms with Gasteiger partial charge in [-0.05, 0) is 13.3 Å². The quantitative estimate of drug-likeness (QED) is 0.766. The van der Waals surface area contributed by atoms with Crippen molar-refractivity contribution < 1.29 is 22.7 Å². The molecule has 0 radical (unpaired) electrons. The van der Waals surface area contributed by atoms with Gasteiger partial charge in [-0.2, -0.15) is 9.97 Å². The third-order valence-corrected chi connectivity index (χ3v) is 5.81. The van der Waals surface area contributed by atoms with Crippen LogP contribution >= 0.6 is 8.25 Å². The molecule has 1 unspecified atom stereocenters. The number of nitrogens with two attached hydrogens (primary N) is 1. The number of halogens is 1. The minimum Gasteiger partial charge on any atom is -0.368 e. The molecule has 5 atom stereocenters. The summed E-state index contributed by atoms with van der Waals surface area (Å²) in [5.41, 5.74) is 4.83. The Morgan fingerprint density at radius 2 is 2.23 bits per heavy atom. The van der Waals surface area contributed by atoms with Gasteiger partial charge in [-0.3, -0.25) is 4.57 Å². The molecule has 2 aromatic heterocycles.